The third-order valence-corrected chi connectivity index (χ3v) is 6.19. The van der Waals surface area contributed by atoms with E-state index < -0.39 is 0 Å². The summed E-state index contributed by atoms with van der Waals surface area (Å²) >= 11 is 1.62. The first kappa shape index (κ1) is 21.4. The number of aliphatic hydroxyl groups excluding tert-OH is 1. The van der Waals surface area contributed by atoms with Crippen molar-refractivity contribution in [2.24, 2.45) is 5.41 Å². The summed E-state index contributed by atoms with van der Waals surface area (Å²) in [7, 11) is 0. The van der Waals surface area contributed by atoms with Gasteiger partial charge >= 0.3 is 0 Å². The van der Waals surface area contributed by atoms with Gasteiger partial charge < -0.3 is 15.3 Å². The Morgan fingerprint density at radius 1 is 1.27 bits per heavy atom. The average molecular weight is 420 g/mol. The molecule has 4 rings (SSSR count). The molecule has 8 heteroatoms. The fourth-order valence-corrected chi connectivity index (χ4v) is 4.76. The van der Waals surface area contributed by atoms with E-state index in [0.29, 0.717) is 0 Å². The van der Waals surface area contributed by atoms with Gasteiger partial charge in [-0.05, 0) is 50.1 Å². The van der Waals surface area contributed by atoms with Crippen LogP contribution in [-0.2, 0) is 0 Å². The Balaban J connectivity index is 0.00000121. The van der Waals surface area contributed by atoms with Crippen molar-refractivity contribution in [3.8, 4) is 11.3 Å². The predicted octanol–water partition coefficient (Wildman–Crippen LogP) is 3.73. The van der Waals surface area contributed by atoms with Gasteiger partial charge in [0.2, 0.25) is 0 Å². The summed E-state index contributed by atoms with van der Waals surface area (Å²) in [5.74, 6) is -0.231. The number of aliphatic hydroxyl groups is 1. The van der Waals surface area contributed by atoms with Crippen LogP contribution in [0.3, 0.4) is 0 Å². The molecule has 1 spiro atoms. The second-order valence-corrected chi connectivity index (χ2v) is 7.73. The minimum Gasteiger partial charge on any atom is -0.392 e. The predicted molar refractivity (Wildman–Crippen MR) is 109 cm³/mol. The first-order valence-electron chi connectivity index (χ1n) is 8.52. The number of piperidine rings is 2. The van der Waals surface area contributed by atoms with Crippen molar-refractivity contribution in [2.75, 3.05) is 31.1 Å². The van der Waals surface area contributed by atoms with Crippen LogP contribution in [0.1, 0.15) is 19.3 Å². The molecule has 2 aliphatic heterocycles. The van der Waals surface area contributed by atoms with E-state index in [1.807, 2.05) is 5.38 Å². The third kappa shape index (κ3) is 4.15. The van der Waals surface area contributed by atoms with Crippen molar-refractivity contribution in [2.45, 2.75) is 25.4 Å². The molecule has 144 valence electrons. The Morgan fingerprint density at radius 2 is 2.04 bits per heavy atom. The summed E-state index contributed by atoms with van der Waals surface area (Å²) in [6.45, 7) is 3.60. The number of anilines is 1. The van der Waals surface area contributed by atoms with Gasteiger partial charge in [0.15, 0.2) is 5.13 Å². The second kappa shape index (κ2) is 8.85. The molecule has 0 radical (unpaired) electrons. The smallest absolute Gasteiger partial charge is 0.185 e. The lowest BCUT2D eigenvalue weighted by atomic mass is 9.72. The quantitative estimate of drug-likeness (QED) is 0.778. The van der Waals surface area contributed by atoms with Crippen LogP contribution < -0.4 is 10.2 Å². The Bertz CT molecular complexity index is 711. The molecule has 0 amide bonds. The van der Waals surface area contributed by atoms with E-state index in [2.05, 4.69) is 10.2 Å². The summed E-state index contributed by atoms with van der Waals surface area (Å²) in [6.07, 6.45) is 2.73. The molecule has 2 N–H and O–H groups in total. The molecule has 2 aromatic rings. The molecular weight excluding hydrogens is 396 g/mol. The third-order valence-electron chi connectivity index (χ3n) is 5.29. The number of rotatable bonds is 2. The monoisotopic (exact) mass is 419 g/mol. The Labute approximate surface area is 169 Å². The number of benzene rings is 1. The van der Waals surface area contributed by atoms with Gasteiger partial charge in [0.1, 0.15) is 5.82 Å². The first-order chi connectivity index (χ1) is 11.7. The van der Waals surface area contributed by atoms with Crippen molar-refractivity contribution >= 4 is 41.3 Å². The van der Waals surface area contributed by atoms with Crippen molar-refractivity contribution in [1.82, 2.24) is 10.3 Å². The standard InChI is InChI=1S/C18H22FN3OS.2ClH/c19-14-4-2-13(3-5-14)15-10-24-17(21-15)22-9-1-7-18(12-22)11-20-8-6-16(18)23;;/h2-5,10,16,20,23H,1,6-9,11-12H2;2*1H/t16-,18-;;/m0../s1. The highest BCUT2D eigenvalue weighted by Crippen LogP contribution is 2.39. The van der Waals surface area contributed by atoms with Crippen LogP contribution in [0, 0.1) is 11.2 Å². The SMILES string of the molecule is Cl.Cl.O[C@H]1CCNC[C@]12CCCN(c1nc(-c3ccc(F)cc3)cs1)C2. The molecular formula is C18H24Cl2FN3OS. The topological polar surface area (TPSA) is 48.4 Å². The molecule has 0 bridgehead atoms. The average Bonchev–Trinajstić information content (AvgIpc) is 3.09. The van der Waals surface area contributed by atoms with Gasteiger partial charge in [0.05, 0.1) is 11.8 Å². The minimum atomic E-state index is -0.238. The normalized spacial score (nSPS) is 25.5. The lowest BCUT2D eigenvalue weighted by Crippen LogP contribution is -2.58. The summed E-state index contributed by atoms with van der Waals surface area (Å²) in [6, 6.07) is 6.46. The molecule has 0 saturated carbocycles. The number of hydrogen-bond donors (Lipinski definition) is 2. The van der Waals surface area contributed by atoms with Crippen LogP contribution in [0.15, 0.2) is 29.6 Å². The van der Waals surface area contributed by atoms with E-state index in [1.54, 1.807) is 23.5 Å². The van der Waals surface area contributed by atoms with Crippen LogP contribution in [0.5, 0.6) is 0 Å². The van der Waals surface area contributed by atoms with Crippen LogP contribution in [0.25, 0.3) is 11.3 Å². The van der Waals surface area contributed by atoms with Gasteiger partial charge in [-0.1, -0.05) is 0 Å². The van der Waals surface area contributed by atoms with Crippen molar-refractivity contribution in [1.29, 1.82) is 0 Å². The summed E-state index contributed by atoms with van der Waals surface area (Å²) in [5.41, 5.74) is 1.76. The maximum Gasteiger partial charge on any atom is 0.185 e. The number of aromatic nitrogens is 1. The summed E-state index contributed by atoms with van der Waals surface area (Å²) < 4.78 is 13.1. The lowest BCUT2D eigenvalue weighted by Gasteiger charge is -2.48. The molecule has 0 unspecified atom stereocenters. The highest BCUT2D eigenvalue weighted by atomic mass is 35.5. The van der Waals surface area contributed by atoms with Crippen molar-refractivity contribution in [3.63, 3.8) is 0 Å². The van der Waals surface area contributed by atoms with Gasteiger partial charge in [0.25, 0.3) is 0 Å². The van der Waals surface area contributed by atoms with Gasteiger partial charge in [-0.25, -0.2) is 9.37 Å². The molecule has 3 heterocycles. The number of halogens is 3. The molecule has 2 aliphatic rings. The molecule has 1 aromatic heterocycles. The molecule has 2 atom stereocenters. The fourth-order valence-electron chi connectivity index (χ4n) is 3.90. The Hall–Kier alpha value is -0.920. The zero-order valence-electron chi connectivity index (χ0n) is 14.4. The number of nitrogens with zero attached hydrogens (tertiary/aromatic N) is 2. The van der Waals surface area contributed by atoms with E-state index in [1.165, 1.54) is 12.1 Å². The number of hydrogen-bond acceptors (Lipinski definition) is 5. The maximum atomic E-state index is 13.1. The van der Waals surface area contributed by atoms with Crippen LogP contribution in [0.2, 0.25) is 0 Å². The van der Waals surface area contributed by atoms with Gasteiger partial charge in [0, 0.05) is 36.0 Å². The molecule has 2 saturated heterocycles. The Morgan fingerprint density at radius 3 is 2.77 bits per heavy atom. The molecule has 1 aromatic carbocycles. The fraction of sp³-hybridized carbons (Fsp3) is 0.500. The molecule has 4 nitrogen and oxygen atoms in total. The summed E-state index contributed by atoms with van der Waals surface area (Å²) in [4.78, 5) is 7.06. The van der Waals surface area contributed by atoms with E-state index in [9.17, 15) is 9.50 Å². The van der Waals surface area contributed by atoms with Crippen LogP contribution in [-0.4, -0.2) is 42.4 Å². The molecule has 26 heavy (non-hydrogen) atoms. The highest BCUT2D eigenvalue weighted by molar-refractivity contribution is 7.14. The largest absolute Gasteiger partial charge is 0.392 e. The van der Waals surface area contributed by atoms with E-state index in [0.717, 1.165) is 61.8 Å². The van der Waals surface area contributed by atoms with E-state index in [4.69, 9.17) is 4.98 Å². The van der Waals surface area contributed by atoms with Gasteiger partial charge in [-0.2, -0.15) is 0 Å². The van der Waals surface area contributed by atoms with Crippen molar-refractivity contribution < 1.29 is 9.50 Å². The Kier molecular flexibility index (Phi) is 7.27. The van der Waals surface area contributed by atoms with Crippen LogP contribution in [0.4, 0.5) is 9.52 Å². The number of nitrogens with one attached hydrogen (secondary N) is 1. The van der Waals surface area contributed by atoms with Crippen LogP contribution >= 0.6 is 36.2 Å². The molecule has 0 aliphatic carbocycles. The zero-order chi connectivity index (χ0) is 16.6. The van der Waals surface area contributed by atoms with Crippen molar-refractivity contribution in [3.05, 3.63) is 35.5 Å². The maximum absolute atomic E-state index is 13.1. The second-order valence-electron chi connectivity index (χ2n) is 6.89. The minimum absolute atomic E-state index is 0. The number of thiazole rings is 1. The van der Waals surface area contributed by atoms with E-state index in [-0.39, 0.29) is 42.2 Å². The zero-order valence-corrected chi connectivity index (χ0v) is 16.8. The highest BCUT2D eigenvalue weighted by Gasteiger charge is 2.43. The van der Waals surface area contributed by atoms with E-state index >= 15 is 0 Å². The van der Waals surface area contributed by atoms with Gasteiger partial charge in [-0.3, -0.25) is 0 Å². The molecule has 2 fully saturated rings. The first-order valence-corrected chi connectivity index (χ1v) is 9.39. The summed E-state index contributed by atoms with van der Waals surface area (Å²) in [5, 5.41) is 17.0. The van der Waals surface area contributed by atoms with Gasteiger partial charge in [-0.15, -0.1) is 36.2 Å². The lowest BCUT2D eigenvalue weighted by molar-refractivity contribution is -0.0100.